The number of hydrogen-bond acceptors (Lipinski definition) is 4. The molecule has 1 N–H and O–H groups in total. The van der Waals surface area contributed by atoms with Crippen LogP contribution in [0.1, 0.15) is 0 Å². The van der Waals surface area contributed by atoms with Gasteiger partial charge in [0.05, 0.1) is 12.1 Å². The highest BCUT2D eigenvalue weighted by Gasteiger charge is 2.09. The summed E-state index contributed by atoms with van der Waals surface area (Å²) in [6.45, 7) is 0. The molecule has 0 atom stereocenters. The minimum Gasteiger partial charge on any atom is -0.495 e. The normalized spacial score (nSPS) is 10.5. The number of nitrogens with one attached hydrogen (secondary N) is 1. The maximum Gasteiger partial charge on any atom is 0.181 e. The predicted octanol–water partition coefficient (Wildman–Crippen LogP) is 3.20. The first-order chi connectivity index (χ1) is 9.78. The number of aromatic amines is 1. The van der Waals surface area contributed by atoms with Gasteiger partial charge in [0.15, 0.2) is 11.6 Å². The fraction of sp³-hybridized carbons (Fsp3) is 0.0714. The number of rotatable bonds is 3. The molecule has 0 aliphatic carbocycles. The molecule has 2 aromatic heterocycles. The first kappa shape index (κ1) is 12.6. The Morgan fingerprint density at radius 3 is 2.60 bits per heavy atom. The van der Waals surface area contributed by atoms with Crippen LogP contribution in [0.5, 0.6) is 5.75 Å². The Morgan fingerprint density at radius 2 is 1.90 bits per heavy atom. The number of benzene rings is 1. The van der Waals surface area contributed by atoms with Gasteiger partial charge in [0.25, 0.3) is 0 Å². The highest BCUT2D eigenvalue weighted by Crippen LogP contribution is 2.29. The number of ether oxygens (including phenoxy) is 1. The Morgan fingerprint density at radius 1 is 1.10 bits per heavy atom. The maximum absolute atomic E-state index is 6.10. The largest absolute Gasteiger partial charge is 0.495 e. The molecule has 5 nitrogen and oxygen atoms in total. The van der Waals surface area contributed by atoms with E-state index in [4.69, 9.17) is 16.3 Å². The summed E-state index contributed by atoms with van der Waals surface area (Å²) in [5, 5.41) is 7.64. The van der Waals surface area contributed by atoms with Crippen molar-refractivity contribution in [3.05, 3.63) is 47.7 Å². The number of pyridine rings is 1. The number of hydrogen-bond donors (Lipinski definition) is 1. The Labute approximate surface area is 120 Å². The molecule has 0 unspecified atom stereocenters. The van der Waals surface area contributed by atoms with Crippen LogP contribution in [-0.2, 0) is 0 Å². The van der Waals surface area contributed by atoms with Crippen LogP contribution in [0.15, 0.2) is 42.7 Å². The second kappa shape index (κ2) is 5.30. The SMILES string of the molecule is COc1ccc(-c2n[nH]c(-c3ccncc3)n2)cc1Cl. The smallest absolute Gasteiger partial charge is 0.181 e. The van der Waals surface area contributed by atoms with Gasteiger partial charge in [-0.2, -0.15) is 5.10 Å². The van der Waals surface area contributed by atoms with Gasteiger partial charge < -0.3 is 4.74 Å². The van der Waals surface area contributed by atoms with E-state index < -0.39 is 0 Å². The van der Waals surface area contributed by atoms with Crippen LogP contribution in [0.25, 0.3) is 22.8 Å². The number of nitrogens with zero attached hydrogens (tertiary/aromatic N) is 3. The minimum atomic E-state index is 0.528. The van der Waals surface area contributed by atoms with Crippen molar-refractivity contribution >= 4 is 11.6 Å². The lowest BCUT2D eigenvalue weighted by atomic mass is 10.2. The molecule has 0 aliphatic heterocycles. The van der Waals surface area contributed by atoms with E-state index in [2.05, 4.69) is 20.2 Å². The molecular formula is C14H11ClN4O. The molecule has 0 fully saturated rings. The maximum atomic E-state index is 6.10. The highest BCUT2D eigenvalue weighted by molar-refractivity contribution is 6.32. The number of aromatic nitrogens is 4. The van der Waals surface area contributed by atoms with Crippen molar-refractivity contribution in [2.45, 2.75) is 0 Å². The Hall–Kier alpha value is -2.40. The summed E-state index contributed by atoms with van der Waals surface area (Å²) in [5.41, 5.74) is 1.76. The van der Waals surface area contributed by atoms with Crippen LogP contribution in [-0.4, -0.2) is 27.3 Å². The van der Waals surface area contributed by atoms with E-state index in [1.54, 1.807) is 31.6 Å². The van der Waals surface area contributed by atoms with E-state index in [1.807, 2.05) is 18.2 Å². The fourth-order valence-corrected chi connectivity index (χ4v) is 2.09. The third-order valence-corrected chi connectivity index (χ3v) is 3.14. The van der Waals surface area contributed by atoms with Crippen LogP contribution in [0.4, 0.5) is 0 Å². The molecule has 3 rings (SSSR count). The van der Waals surface area contributed by atoms with E-state index in [0.29, 0.717) is 22.4 Å². The summed E-state index contributed by atoms with van der Waals surface area (Å²) in [4.78, 5) is 8.43. The Balaban J connectivity index is 1.96. The molecule has 0 saturated heterocycles. The Kier molecular flexibility index (Phi) is 3.35. The van der Waals surface area contributed by atoms with Crippen molar-refractivity contribution in [3.8, 4) is 28.5 Å². The van der Waals surface area contributed by atoms with E-state index in [-0.39, 0.29) is 0 Å². The van der Waals surface area contributed by atoms with Gasteiger partial charge >= 0.3 is 0 Å². The Bertz CT molecular complexity index is 727. The summed E-state index contributed by atoms with van der Waals surface area (Å²) < 4.78 is 5.12. The van der Waals surface area contributed by atoms with Crippen LogP contribution >= 0.6 is 11.6 Å². The zero-order valence-electron chi connectivity index (χ0n) is 10.7. The van der Waals surface area contributed by atoms with Crippen molar-refractivity contribution in [2.75, 3.05) is 7.11 Å². The molecule has 20 heavy (non-hydrogen) atoms. The lowest BCUT2D eigenvalue weighted by Gasteiger charge is -2.03. The third-order valence-electron chi connectivity index (χ3n) is 2.85. The van der Waals surface area contributed by atoms with E-state index in [1.165, 1.54) is 0 Å². The lowest BCUT2D eigenvalue weighted by Crippen LogP contribution is -1.86. The molecule has 0 saturated carbocycles. The average molecular weight is 287 g/mol. The molecule has 0 aliphatic rings. The fourth-order valence-electron chi connectivity index (χ4n) is 1.84. The molecule has 0 bridgehead atoms. The van der Waals surface area contributed by atoms with Gasteiger partial charge in [-0.15, -0.1) is 0 Å². The molecule has 6 heteroatoms. The van der Waals surface area contributed by atoms with Crippen molar-refractivity contribution in [3.63, 3.8) is 0 Å². The van der Waals surface area contributed by atoms with Gasteiger partial charge in [-0.1, -0.05) is 11.6 Å². The highest BCUT2D eigenvalue weighted by atomic mass is 35.5. The van der Waals surface area contributed by atoms with Crippen molar-refractivity contribution in [1.82, 2.24) is 20.2 Å². The van der Waals surface area contributed by atoms with E-state index >= 15 is 0 Å². The minimum absolute atomic E-state index is 0.528. The summed E-state index contributed by atoms with van der Waals surface area (Å²) in [6, 6.07) is 9.17. The van der Waals surface area contributed by atoms with Gasteiger partial charge in [-0.3, -0.25) is 10.1 Å². The van der Waals surface area contributed by atoms with Gasteiger partial charge in [-0.05, 0) is 30.3 Å². The second-order valence-corrected chi connectivity index (χ2v) is 4.50. The lowest BCUT2D eigenvalue weighted by molar-refractivity contribution is 0.415. The predicted molar refractivity (Wildman–Crippen MR) is 76.6 cm³/mol. The van der Waals surface area contributed by atoms with Gasteiger partial charge in [0.2, 0.25) is 0 Å². The van der Waals surface area contributed by atoms with E-state index in [9.17, 15) is 0 Å². The second-order valence-electron chi connectivity index (χ2n) is 4.09. The molecule has 0 amide bonds. The van der Waals surface area contributed by atoms with Gasteiger partial charge in [0.1, 0.15) is 5.75 Å². The number of halogens is 1. The summed E-state index contributed by atoms with van der Waals surface area (Å²) in [6.07, 6.45) is 3.42. The van der Waals surface area contributed by atoms with Crippen molar-refractivity contribution in [2.24, 2.45) is 0 Å². The quantitative estimate of drug-likeness (QED) is 0.803. The number of methoxy groups -OCH3 is 1. The molecular weight excluding hydrogens is 276 g/mol. The van der Waals surface area contributed by atoms with Gasteiger partial charge in [-0.25, -0.2) is 4.98 Å². The topological polar surface area (TPSA) is 63.7 Å². The van der Waals surface area contributed by atoms with Crippen LogP contribution in [0.2, 0.25) is 5.02 Å². The van der Waals surface area contributed by atoms with Crippen molar-refractivity contribution in [1.29, 1.82) is 0 Å². The monoisotopic (exact) mass is 286 g/mol. The summed E-state index contributed by atoms with van der Waals surface area (Å²) in [7, 11) is 1.58. The van der Waals surface area contributed by atoms with Gasteiger partial charge in [0, 0.05) is 23.5 Å². The third kappa shape index (κ3) is 2.35. The molecule has 0 spiro atoms. The standard InChI is InChI=1S/C14H11ClN4O/c1-20-12-3-2-10(8-11(12)15)14-17-13(18-19-14)9-4-6-16-7-5-9/h2-8H,1H3,(H,17,18,19). The first-order valence-corrected chi connectivity index (χ1v) is 6.32. The zero-order chi connectivity index (χ0) is 13.9. The van der Waals surface area contributed by atoms with Crippen LogP contribution in [0.3, 0.4) is 0 Å². The molecule has 0 radical (unpaired) electrons. The van der Waals surface area contributed by atoms with Crippen LogP contribution in [0, 0.1) is 0 Å². The van der Waals surface area contributed by atoms with Crippen molar-refractivity contribution < 1.29 is 4.74 Å². The number of H-pyrrole nitrogens is 1. The molecule has 100 valence electrons. The summed E-state index contributed by atoms with van der Waals surface area (Å²) in [5.74, 6) is 1.90. The van der Waals surface area contributed by atoms with E-state index in [0.717, 1.165) is 11.1 Å². The zero-order valence-corrected chi connectivity index (χ0v) is 11.4. The molecule has 1 aromatic carbocycles. The first-order valence-electron chi connectivity index (χ1n) is 5.94. The summed E-state index contributed by atoms with van der Waals surface area (Å²) >= 11 is 6.10. The van der Waals surface area contributed by atoms with Crippen LogP contribution < -0.4 is 4.74 Å². The molecule has 2 heterocycles. The molecule has 3 aromatic rings. The average Bonchev–Trinajstić information content (AvgIpc) is 2.98.